The molecule has 3 aromatic rings. The predicted molar refractivity (Wildman–Crippen MR) is 237 cm³/mol. The summed E-state index contributed by atoms with van der Waals surface area (Å²) in [6.07, 6.45) is 38.1. The van der Waals surface area contributed by atoms with Gasteiger partial charge in [0.1, 0.15) is 0 Å². The molecule has 57 heavy (non-hydrogen) atoms. The minimum absolute atomic E-state index is 0.0277. The first-order chi connectivity index (χ1) is 28.0. The summed E-state index contributed by atoms with van der Waals surface area (Å²) < 4.78 is 0. The van der Waals surface area contributed by atoms with Gasteiger partial charge in [-0.25, -0.2) is 0 Å². The second-order valence-electron chi connectivity index (χ2n) is 18.6. The number of allylic oxidation sites excluding steroid dienone is 15. The van der Waals surface area contributed by atoms with E-state index in [4.69, 9.17) is 0 Å². The molecular weight excluding hydrogens is 689 g/mol. The zero-order valence-electron chi connectivity index (χ0n) is 33.7. The zero-order chi connectivity index (χ0) is 38.1. The van der Waals surface area contributed by atoms with Gasteiger partial charge in [0.25, 0.3) is 0 Å². The maximum atomic E-state index is 4.03. The normalized spacial score (nSPS) is 30.2. The highest BCUT2D eigenvalue weighted by molar-refractivity contribution is 5.89. The molecule has 2 heteroatoms. The number of benzene rings is 3. The molecule has 1 saturated carbocycles. The number of hydrogen-bond acceptors (Lipinski definition) is 2. The molecule has 286 valence electrons. The Kier molecular flexibility index (Phi) is 8.58. The summed E-state index contributed by atoms with van der Waals surface area (Å²) in [6, 6.07) is 30.1. The van der Waals surface area contributed by atoms with Gasteiger partial charge in [-0.3, -0.25) is 5.32 Å². The van der Waals surface area contributed by atoms with Crippen LogP contribution in [0.5, 0.6) is 0 Å². The summed E-state index contributed by atoms with van der Waals surface area (Å²) >= 11 is 0. The van der Waals surface area contributed by atoms with E-state index in [1.807, 2.05) is 0 Å². The summed E-state index contributed by atoms with van der Waals surface area (Å²) in [5.41, 5.74) is 18.0. The average molecular weight is 745 g/mol. The molecule has 1 spiro atoms. The lowest BCUT2D eigenvalue weighted by atomic mass is 9.62. The van der Waals surface area contributed by atoms with Crippen LogP contribution in [0.1, 0.15) is 111 Å². The minimum Gasteiger partial charge on any atom is -0.372 e. The summed E-state index contributed by atoms with van der Waals surface area (Å²) in [5, 5.41) is 7.99. The van der Waals surface area contributed by atoms with E-state index in [-0.39, 0.29) is 17.6 Å². The summed E-state index contributed by atoms with van der Waals surface area (Å²) in [4.78, 5) is 0. The van der Waals surface area contributed by atoms with Gasteiger partial charge in [-0.2, -0.15) is 0 Å². The van der Waals surface area contributed by atoms with Crippen molar-refractivity contribution in [1.29, 1.82) is 0 Å². The van der Waals surface area contributed by atoms with Crippen LogP contribution in [0.15, 0.2) is 174 Å². The van der Waals surface area contributed by atoms with Crippen molar-refractivity contribution < 1.29 is 0 Å². The molecule has 6 unspecified atom stereocenters. The van der Waals surface area contributed by atoms with Gasteiger partial charge in [0.05, 0.1) is 12.2 Å². The van der Waals surface area contributed by atoms with Gasteiger partial charge in [0.2, 0.25) is 0 Å². The fourth-order valence-electron chi connectivity index (χ4n) is 12.4. The first kappa shape index (κ1) is 35.3. The fourth-order valence-corrected chi connectivity index (χ4v) is 12.4. The summed E-state index contributed by atoms with van der Waals surface area (Å²) in [7, 11) is 0. The van der Waals surface area contributed by atoms with E-state index < -0.39 is 0 Å². The van der Waals surface area contributed by atoms with Crippen molar-refractivity contribution in [2.45, 2.75) is 95.2 Å². The Labute approximate surface area is 340 Å². The molecule has 0 amide bonds. The van der Waals surface area contributed by atoms with Crippen molar-refractivity contribution in [2.75, 3.05) is 0 Å². The maximum Gasteiger partial charge on any atom is 0.0839 e. The van der Waals surface area contributed by atoms with Crippen molar-refractivity contribution in [3.63, 3.8) is 0 Å². The van der Waals surface area contributed by atoms with Crippen LogP contribution < -0.4 is 10.6 Å². The highest BCUT2D eigenvalue weighted by Crippen LogP contribution is 2.65. The largest absolute Gasteiger partial charge is 0.372 e. The monoisotopic (exact) mass is 744 g/mol. The van der Waals surface area contributed by atoms with E-state index >= 15 is 0 Å². The van der Waals surface area contributed by atoms with Gasteiger partial charge in [-0.05, 0) is 112 Å². The molecule has 11 rings (SSSR count). The van der Waals surface area contributed by atoms with Gasteiger partial charge < -0.3 is 5.32 Å². The molecule has 2 nitrogen and oxygen atoms in total. The molecular formula is C55H56N2. The van der Waals surface area contributed by atoms with Crippen LogP contribution >= 0.6 is 0 Å². The van der Waals surface area contributed by atoms with Crippen LogP contribution in [-0.4, -0.2) is 6.17 Å². The van der Waals surface area contributed by atoms with Gasteiger partial charge in [0, 0.05) is 34.3 Å². The lowest BCUT2D eigenvalue weighted by molar-refractivity contribution is 0.232. The van der Waals surface area contributed by atoms with Gasteiger partial charge in [-0.1, -0.05) is 173 Å². The summed E-state index contributed by atoms with van der Waals surface area (Å²) in [5.74, 6) is 1.81. The molecule has 0 aromatic heterocycles. The van der Waals surface area contributed by atoms with Crippen LogP contribution in [0, 0.1) is 23.2 Å². The minimum atomic E-state index is -0.0277. The van der Waals surface area contributed by atoms with Crippen molar-refractivity contribution >= 4 is 11.1 Å². The smallest absolute Gasteiger partial charge is 0.0839 e. The highest BCUT2D eigenvalue weighted by atomic mass is 15.2. The number of hydrogen-bond donors (Lipinski definition) is 2. The molecule has 7 aliphatic carbocycles. The quantitative estimate of drug-likeness (QED) is 0.272. The maximum absolute atomic E-state index is 4.03. The van der Waals surface area contributed by atoms with E-state index in [2.05, 4.69) is 170 Å². The van der Waals surface area contributed by atoms with Crippen LogP contribution in [0.3, 0.4) is 0 Å². The molecule has 3 aromatic carbocycles. The fraction of sp³-hybridized carbons (Fsp3) is 0.345. The Morgan fingerprint density at radius 1 is 0.719 bits per heavy atom. The van der Waals surface area contributed by atoms with E-state index in [9.17, 15) is 0 Å². The molecule has 8 aliphatic rings. The van der Waals surface area contributed by atoms with Gasteiger partial charge in [0.15, 0.2) is 0 Å². The Bertz CT molecular complexity index is 2380. The number of fused-ring (bicyclic) bond motifs is 7. The number of rotatable bonds is 5. The Balaban J connectivity index is 0.899. The molecule has 1 aliphatic heterocycles. The second-order valence-corrected chi connectivity index (χ2v) is 18.6. The molecule has 2 N–H and O–H groups in total. The third-order valence-corrected chi connectivity index (χ3v) is 15.2. The van der Waals surface area contributed by atoms with Crippen molar-refractivity contribution in [1.82, 2.24) is 10.6 Å². The highest BCUT2D eigenvalue weighted by Gasteiger charge is 2.54. The third-order valence-electron chi connectivity index (χ3n) is 15.2. The van der Waals surface area contributed by atoms with Gasteiger partial charge in [-0.15, -0.1) is 0 Å². The third kappa shape index (κ3) is 5.77. The van der Waals surface area contributed by atoms with Crippen LogP contribution in [0.4, 0.5) is 0 Å². The predicted octanol–water partition coefficient (Wildman–Crippen LogP) is 12.9. The average Bonchev–Trinajstić information content (AvgIpc) is 3.67. The molecule has 6 atom stereocenters. The Morgan fingerprint density at radius 2 is 1.54 bits per heavy atom. The van der Waals surface area contributed by atoms with E-state index in [1.165, 1.54) is 65.6 Å². The second kappa shape index (κ2) is 13.9. The summed E-state index contributed by atoms with van der Waals surface area (Å²) in [6.45, 7) is 5.02. The van der Waals surface area contributed by atoms with Crippen molar-refractivity contribution in [3.8, 4) is 0 Å². The van der Waals surface area contributed by atoms with Crippen molar-refractivity contribution in [3.05, 3.63) is 202 Å². The van der Waals surface area contributed by atoms with Gasteiger partial charge >= 0.3 is 0 Å². The molecule has 1 fully saturated rings. The van der Waals surface area contributed by atoms with Crippen LogP contribution in [0.2, 0.25) is 0 Å². The molecule has 0 saturated heterocycles. The van der Waals surface area contributed by atoms with E-state index in [0.29, 0.717) is 29.1 Å². The molecule has 0 bridgehead atoms. The topological polar surface area (TPSA) is 24.1 Å². The zero-order valence-corrected chi connectivity index (χ0v) is 33.7. The SMILES string of the molecule is CC1(C)C2=CC3c4ccccc4C4(CCCCC4)C3C=C2C2=C1C(c1ccc(C3C=C(C4C=CC(c5ccccc5)=CC4)NC(C4C=CC=CC4)N3)cc1)=CCC2. The lowest BCUT2D eigenvalue weighted by Gasteiger charge is -2.42. The Morgan fingerprint density at radius 3 is 2.33 bits per heavy atom. The molecule has 0 radical (unpaired) electrons. The molecule has 1 heterocycles. The van der Waals surface area contributed by atoms with E-state index in [1.54, 1.807) is 33.4 Å². The van der Waals surface area contributed by atoms with Crippen molar-refractivity contribution in [2.24, 2.45) is 23.2 Å². The van der Waals surface area contributed by atoms with Crippen LogP contribution in [0.25, 0.3) is 11.1 Å². The van der Waals surface area contributed by atoms with E-state index in [0.717, 1.165) is 25.7 Å². The first-order valence-corrected chi connectivity index (χ1v) is 22.1. The number of nitrogens with one attached hydrogen (secondary N) is 2. The standard InChI is InChI=1S/C55H56N2/c1-54(2)48-33-45-43-19-10-11-22-47(43)55(31-12-5-13-32-55)49(45)34-46(48)44-21-14-20-42(52(44)54)38-25-29-40(30-26-38)51-35-50(56-53(57-51)41-17-8-4-9-18-41)39-27-23-37(24-28-39)36-15-6-3-7-16-36/h3-4,6-11,15-17,19-20,22-27,29-30,33-35,39,41,45,49,51,53,56-57H,5,12-14,18,21,28,31-32H2,1-2H3. The Hall–Kier alpha value is -4.92. The van der Waals surface area contributed by atoms with Crippen LogP contribution in [-0.2, 0) is 5.41 Å². The first-order valence-electron chi connectivity index (χ1n) is 22.1. The lowest BCUT2D eigenvalue weighted by Crippen LogP contribution is -2.52.